The Labute approximate surface area is 163 Å². The summed E-state index contributed by atoms with van der Waals surface area (Å²) in [4.78, 5) is 0. The lowest BCUT2D eigenvalue weighted by Crippen LogP contribution is -2.65. The van der Waals surface area contributed by atoms with Crippen molar-refractivity contribution in [1.82, 2.24) is 0 Å². The number of para-hydroxylation sites is 1. The summed E-state index contributed by atoms with van der Waals surface area (Å²) >= 11 is 0. The van der Waals surface area contributed by atoms with Crippen LogP contribution >= 0.6 is 0 Å². The first-order valence-corrected chi connectivity index (χ1v) is 10.1. The Morgan fingerprint density at radius 2 is 1.52 bits per heavy atom. The number of aromatic nitrogens is 1. The van der Waals surface area contributed by atoms with Gasteiger partial charge in [-0.3, -0.25) is 0 Å². The van der Waals surface area contributed by atoms with Gasteiger partial charge in [0.05, 0.1) is 11.3 Å². The molecular formula is C24H29BNO+. The summed E-state index contributed by atoms with van der Waals surface area (Å²) in [5.74, 6) is 2.95. The lowest BCUT2D eigenvalue weighted by molar-refractivity contribution is -0.593. The van der Waals surface area contributed by atoms with Crippen molar-refractivity contribution < 1.29 is 8.98 Å². The van der Waals surface area contributed by atoms with Gasteiger partial charge in [0, 0.05) is 12.1 Å². The van der Waals surface area contributed by atoms with Gasteiger partial charge in [-0.25, -0.2) is 0 Å². The summed E-state index contributed by atoms with van der Waals surface area (Å²) in [6, 6.07) is 19.6. The third kappa shape index (κ3) is 2.67. The molecule has 0 unspecified atom stereocenters. The highest BCUT2D eigenvalue weighted by atomic mass is 16.4. The summed E-state index contributed by atoms with van der Waals surface area (Å²) in [7, 11) is 0. The number of hydrogen-bond donors (Lipinski definition) is 0. The summed E-state index contributed by atoms with van der Waals surface area (Å²) in [6.07, 6.45) is 0. The Bertz CT molecular complexity index is 969. The highest BCUT2D eigenvalue weighted by Gasteiger charge is 2.51. The van der Waals surface area contributed by atoms with Crippen molar-refractivity contribution >= 4 is 17.8 Å². The van der Waals surface area contributed by atoms with E-state index in [9.17, 15) is 0 Å². The van der Waals surface area contributed by atoms with Gasteiger partial charge in [-0.15, -0.1) is 4.57 Å². The summed E-state index contributed by atoms with van der Waals surface area (Å²) in [5, 5.41) is 0. The van der Waals surface area contributed by atoms with E-state index in [1.807, 2.05) is 0 Å². The molecule has 4 rings (SSSR count). The van der Waals surface area contributed by atoms with Crippen LogP contribution in [0, 0.1) is 0 Å². The molecule has 3 aromatic rings. The van der Waals surface area contributed by atoms with Crippen molar-refractivity contribution in [3.05, 3.63) is 71.8 Å². The van der Waals surface area contributed by atoms with Gasteiger partial charge < -0.3 is 4.42 Å². The van der Waals surface area contributed by atoms with Gasteiger partial charge in [0.1, 0.15) is 0 Å². The summed E-state index contributed by atoms with van der Waals surface area (Å²) in [6.45, 7) is 14.0. The van der Waals surface area contributed by atoms with Crippen molar-refractivity contribution in [2.45, 2.75) is 58.7 Å². The van der Waals surface area contributed by atoms with Crippen LogP contribution in [0.2, 0.25) is 5.82 Å². The number of hydrogen-bond acceptors (Lipinski definition) is 1. The lowest BCUT2D eigenvalue weighted by atomic mass is 9.31. The Kier molecular flexibility index (Phi) is 4.29. The van der Waals surface area contributed by atoms with Crippen molar-refractivity contribution in [2.24, 2.45) is 0 Å². The molecule has 0 radical (unpaired) electrons. The molecular weight excluding hydrogens is 329 g/mol. The molecule has 0 N–H and O–H groups in total. The predicted molar refractivity (Wildman–Crippen MR) is 113 cm³/mol. The van der Waals surface area contributed by atoms with Crippen molar-refractivity contribution in [1.29, 1.82) is 0 Å². The van der Waals surface area contributed by atoms with E-state index in [2.05, 4.69) is 101 Å². The van der Waals surface area contributed by atoms with Crippen LogP contribution in [0.25, 0.3) is 5.69 Å². The molecule has 0 saturated carbocycles. The molecule has 0 amide bonds. The van der Waals surface area contributed by atoms with Crippen LogP contribution in [-0.4, -0.2) is 6.71 Å². The van der Waals surface area contributed by atoms with E-state index in [4.69, 9.17) is 4.42 Å². The fourth-order valence-electron chi connectivity index (χ4n) is 4.65. The summed E-state index contributed by atoms with van der Waals surface area (Å²) in [5.41, 5.74) is 5.18. The minimum absolute atomic E-state index is 0.152. The molecule has 0 aliphatic carbocycles. The standard InChI is InChI=1S/C24H29BNO/c1-16(2)23-26(18-12-8-7-9-13-18)22-21(27-23)24(5,6)19-14-10-11-15-20(19)25(22)17(3)4/h7-17H,1-6H3/q+1. The van der Waals surface area contributed by atoms with E-state index < -0.39 is 0 Å². The Hall–Kier alpha value is -2.29. The zero-order valence-corrected chi connectivity index (χ0v) is 17.3. The largest absolute Gasteiger partial charge is 0.406 e. The van der Waals surface area contributed by atoms with Crippen LogP contribution in [0.3, 0.4) is 0 Å². The fraction of sp³-hybridized carbons (Fsp3) is 0.375. The minimum Gasteiger partial charge on any atom is -0.406 e. The summed E-state index contributed by atoms with van der Waals surface area (Å²) < 4.78 is 9.06. The van der Waals surface area contributed by atoms with Gasteiger partial charge in [-0.1, -0.05) is 67.6 Å². The molecule has 3 heteroatoms. The van der Waals surface area contributed by atoms with Gasteiger partial charge in [0.25, 0.3) is 0 Å². The number of oxazole rings is 1. The third-order valence-corrected chi connectivity index (χ3v) is 5.91. The molecule has 0 bridgehead atoms. The fourth-order valence-corrected chi connectivity index (χ4v) is 4.65. The lowest BCUT2D eigenvalue weighted by Gasteiger charge is -2.33. The highest BCUT2D eigenvalue weighted by molar-refractivity contribution is 6.86. The van der Waals surface area contributed by atoms with Crippen LogP contribution in [0.5, 0.6) is 0 Å². The molecule has 0 fully saturated rings. The Morgan fingerprint density at radius 3 is 2.15 bits per heavy atom. The molecule has 0 saturated heterocycles. The van der Waals surface area contributed by atoms with Crippen LogP contribution in [0.1, 0.15) is 64.7 Å². The molecule has 1 aliphatic heterocycles. The second-order valence-electron chi connectivity index (χ2n) is 8.91. The van der Waals surface area contributed by atoms with Gasteiger partial charge in [-0.2, -0.15) is 0 Å². The molecule has 2 aromatic carbocycles. The van der Waals surface area contributed by atoms with Crippen molar-refractivity contribution in [3.8, 4) is 5.69 Å². The number of fused-ring (bicyclic) bond motifs is 2. The third-order valence-electron chi connectivity index (χ3n) is 5.91. The van der Waals surface area contributed by atoms with Crippen LogP contribution < -0.4 is 15.6 Å². The highest BCUT2D eigenvalue weighted by Crippen LogP contribution is 2.36. The molecule has 2 heterocycles. The maximum Gasteiger partial charge on any atom is 0.355 e. The monoisotopic (exact) mass is 358 g/mol. The molecule has 0 atom stereocenters. The normalized spacial score (nSPS) is 15.2. The van der Waals surface area contributed by atoms with Gasteiger partial charge in [0.2, 0.25) is 5.69 Å². The van der Waals surface area contributed by atoms with Gasteiger partial charge in [-0.05, 0) is 33.3 Å². The molecule has 1 aliphatic rings. The topological polar surface area (TPSA) is 17.0 Å². The van der Waals surface area contributed by atoms with Crippen LogP contribution in [0.4, 0.5) is 0 Å². The van der Waals surface area contributed by atoms with E-state index in [0.717, 1.165) is 11.7 Å². The smallest absolute Gasteiger partial charge is 0.355 e. The second-order valence-corrected chi connectivity index (χ2v) is 8.91. The Morgan fingerprint density at radius 1 is 0.889 bits per heavy atom. The second kappa shape index (κ2) is 6.40. The first-order valence-electron chi connectivity index (χ1n) is 10.1. The average Bonchev–Trinajstić information content (AvgIpc) is 3.04. The SMILES string of the molecule is CC(C)B1c2ccccc2C(C)(C)c2oc(C(C)C)[n+](-c3ccccc3)c21. The molecule has 1 aromatic heterocycles. The van der Waals surface area contributed by atoms with Crippen LogP contribution in [0.15, 0.2) is 59.0 Å². The predicted octanol–water partition coefficient (Wildman–Crippen LogP) is 4.34. The molecule has 138 valence electrons. The van der Waals surface area contributed by atoms with E-state index in [-0.39, 0.29) is 5.41 Å². The zero-order chi connectivity index (χ0) is 19.3. The molecule has 27 heavy (non-hydrogen) atoms. The van der Waals surface area contributed by atoms with E-state index in [0.29, 0.717) is 18.4 Å². The maximum atomic E-state index is 6.67. The average molecular weight is 358 g/mol. The quantitative estimate of drug-likeness (QED) is 0.503. The molecule has 0 spiro atoms. The number of benzene rings is 2. The number of nitrogens with zero attached hydrogens (tertiary/aromatic N) is 1. The Balaban J connectivity index is 2.11. The van der Waals surface area contributed by atoms with E-state index in [1.165, 1.54) is 22.3 Å². The van der Waals surface area contributed by atoms with Crippen molar-refractivity contribution in [3.63, 3.8) is 0 Å². The number of rotatable bonds is 3. The van der Waals surface area contributed by atoms with Crippen LogP contribution in [-0.2, 0) is 5.41 Å². The van der Waals surface area contributed by atoms with E-state index >= 15 is 0 Å². The minimum atomic E-state index is -0.152. The first kappa shape index (κ1) is 18.1. The van der Waals surface area contributed by atoms with Gasteiger partial charge in [0.15, 0.2) is 11.4 Å². The van der Waals surface area contributed by atoms with Crippen molar-refractivity contribution in [2.75, 3.05) is 0 Å². The van der Waals surface area contributed by atoms with Gasteiger partial charge >= 0.3 is 12.6 Å². The van der Waals surface area contributed by atoms with E-state index in [1.54, 1.807) is 0 Å². The first-order chi connectivity index (χ1) is 12.8. The maximum absolute atomic E-state index is 6.67. The molecule has 2 nitrogen and oxygen atoms in total. The zero-order valence-electron chi connectivity index (χ0n) is 17.3.